The van der Waals surface area contributed by atoms with Gasteiger partial charge in [-0.05, 0) is 42.0 Å². The fourth-order valence-electron chi connectivity index (χ4n) is 2.97. The molecule has 5 nitrogen and oxygen atoms in total. The number of Topliss-reactive ketones (excluding diaryl/α,β-unsaturated/α-hetero) is 1. The van der Waals surface area contributed by atoms with Gasteiger partial charge < -0.3 is 15.1 Å². The number of β-amino-alcohol motifs (C(OH)–C–C–N with tert-alkyl or cyclic N) is 1. The molecule has 7 heteroatoms. The van der Waals surface area contributed by atoms with Crippen molar-refractivity contribution in [2.75, 3.05) is 13.2 Å². The van der Waals surface area contributed by atoms with Crippen molar-refractivity contribution >= 4 is 40.7 Å². The third kappa shape index (κ3) is 3.33. The van der Waals surface area contributed by atoms with E-state index < -0.39 is 17.7 Å². The fourth-order valence-corrected chi connectivity index (χ4v) is 3.23. The van der Waals surface area contributed by atoms with Crippen LogP contribution in [0.4, 0.5) is 0 Å². The Morgan fingerprint density at radius 1 is 0.962 bits per heavy atom. The van der Waals surface area contributed by atoms with Gasteiger partial charge in [0.15, 0.2) is 0 Å². The second kappa shape index (κ2) is 7.50. The third-order valence-electron chi connectivity index (χ3n) is 4.18. The molecule has 2 N–H and O–H groups in total. The standard InChI is InChI=1S/C19H15Cl2NO4/c20-13-5-1-11(2-6-13)16-15(18(25)19(26)22(16)9-10-23)17(24)12-3-7-14(21)8-4-12/h1-8,16,23-24H,9-10H2/t16-/m1/s1. The van der Waals surface area contributed by atoms with Crippen molar-refractivity contribution in [2.24, 2.45) is 0 Å². The molecule has 1 aliphatic rings. The van der Waals surface area contributed by atoms with Crippen LogP contribution in [-0.2, 0) is 9.59 Å². The van der Waals surface area contributed by atoms with Crippen LogP contribution in [0.3, 0.4) is 0 Å². The molecule has 134 valence electrons. The summed E-state index contributed by atoms with van der Waals surface area (Å²) in [5.41, 5.74) is 0.945. The van der Waals surface area contributed by atoms with Crippen LogP contribution in [0.15, 0.2) is 54.1 Å². The van der Waals surface area contributed by atoms with Crippen molar-refractivity contribution < 1.29 is 19.8 Å². The summed E-state index contributed by atoms with van der Waals surface area (Å²) in [6.07, 6.45) is 0. The zero-order valence-corrected chi connectivity index (χ0v) is 15.0. The maximum atomic E-state index is 12.6. The molecule has 1 aliphatic heterocycles. The minimum Gasteiger partial charge on any atom is -0.507 e. The summed E-state index contributed by atoms with van der Waals surface area (Å²) in [5, 5.41) is 21.0. The highest BCUT2D eigenvalue weighted by atomic mass is 35.5. The first-order valence-corrected chi connectivity index (χ1v) is 8.60. The van der Waals surface area contributed by atoms with Gasteiger partial charge in [0.1, 0.15) is 5.76 Å². The van der Waals surface area contributed by atoms with Crippen LogP contribution in [0, 0.1) is 0 Å². The molecule has 2 aromatic carbocycles. The number of halogens is 2. The van der Waals surface area contributed by atoms with Gasteiger partial charge in [-0.2, -0.15) is 0 Å². The normalized spacial score (nSPS) is 19.2. The fraction of sp³-hybridized carbons (Fsp3) is 0.158. The van der Waals surface area contributed by atoms with E-state index in [0.717, 1.165) is 0 Å². The summed E-state index contributed by atoms with van der Waals surface area (Å²) in [7, 11) is 0. The predicted molar refractivity (Wildman–Crippen MR) is 99.0 cm³/mol. The Morgan fingerprint density at radius 3 is 2.04 bits per heavy atom. The molecular weight excluding hydrogens is 377 g/mol. The molecule has 0 saturated carbocycles. The number of hydrogen-bond donors (Lipinski definition) is 2. The van der Waals surface area contributed by atoms with Gasteiger partial charge in [0, 0.05) is 22.2 Å². The van der Waals surface area contributed by atoms with Gasteiger partial charge >= 0.3 is 0 Å². The van der Waals surface area contributed by atoms with Crippen LogP contribution in [0.5, 0.6) is 0 Å². The molecule has 3 rings (SSSR count). The van der Waals surface area contributed by atoms with E-state index >= 15 is 0 Å². The average Bonchev–Trinajstić information content (AvgIpc) is 2.88. The van der Waals surface area contributed by atoms with E-state index in [1.54, 1.807) is 48.5 Å². The van der Waals surface area contributed by atoms with Gasteiger partial charge in [-0.25, -0.2) is 0 Å². The number of carbonyl (C=O) groups is 2. The lowest BCUT2D eigenvalue weighted by Crippen LogP contribution is -2.32. The maximum Gasteiger partial charge on any atom is 0.295 e. The summed E-state index contributed by atoms with van der Waals surface area (Å²) >= 11 is 11.8. The number of amides is 1. The van der Waals surface area contributed by atoms with Gasteiger partial charge in [-0.15, -0.1) is 0 Å². The summed E-state index contributed by atoms with van der Waals surface area (Å²) in [5.74, 6) is -1.86. The minimum absolute atomic E-state index is 0.0325. The molecule has 1 heterocycles. The second-order valence-corrected chi connectivity index (χ2v) is 6.65. The smallest absolute Gasteiger partial charge is 0.295 e. The Labute approximate surface area is 160 Å². The highest BCUT2D eigenvalue weighted by Gasteiger charge is 2.45. The Kier molecular flexibility index (Phi) is 5.32. The highest BCUT2D eigenvalue weighted by molar-refractivity contribution is 6.46. The van der Waals surface area contributed by atoms with E-state index in [4.69, 9.17) is 23.2 Å². The largest absolute Gasteiger partial charge is 0.507 e. The Hall–Kier alpha value is -2.34. The molecule has 1 amide bonds. The van der Waals surface area contributed by atoms with E-state index in [1.165, 1.54) is 4.90 Å². The molecule has 0 unspecified atom stereocenters. The average molecular weight is 392 g/mol. The summed E-state index contributed by atoms with van der Waals surface area (Å²) in [4.78, 5) is 26.2. The van der Waals surface area contributed by atoms with Gasteiger partial charge in [-0.1, -0.05) is 35.3 Å². The monoisotopic (exact) mass is 391 g/mol. The van der Waals surface area contributed by atoms with Crippen LogP contribution in [0.2, 0.25) is 10.0 Å². The number of carbonyl (C=O) groups excluding carboxylic acids is 2. The lowest BCUT2D eigenvalue weighted by molar-refractivity contribution is -0.140. The molecule has 0 radical (unpaired) electrons. The van der Waals surface area contributed by atoms with Gasteiger partial charge in [0.25, 0.3) is 11.7 Å². The number of rotatable bonds is 4. The van der Waals surface area contributed by atoms with Gasteiger partial charge in [0.05, 0.1) is 18.2 Å². The highest BCUT2D eigenvalue weighted by Crippen LogP contribution is 2.39. The van der Waals surface area contributed by atoms with E-state index in [2.05, 4.69) is 0 Å². The van der Waals surface area contributed by atoms with E-state index in [-0.39, 0.29) is 24.5 Å². The van der Waals surface area contributed by atoms with Crippen LogP contribution >= 0.6 is 23.2 Å². The molecule has 26 heavy (non-hydrogen) atoms. The number of nitrogens with zero attached hydrogens (tertiary/aromatic N) is 1. The number of likely N-dealkylation sites (tertiary alicyclic amines) is 1. The molecule has 0 aliphatic carbocycles. The van der Waals surface area contributed by atoms with Crippen LogP contribution in [0.1, 0.15) is 17.2 Å². The molecule has 1 atom stereocenters. The van der Waals surface area contributed by atoms with Crippen molar-refractivity contribution in [2.45, 2.75) is 6.04 Å². The van der Waals surface area contributed by atoms with Gasteiger partial charge in [-0.3, -0.25) is 9.59 Å². The van der Waals surface area contributed by atoms with Crippen molar-refractivity contribution in [3.05, 3.63) is 75.3 Å². The Morgan fingerprint density at radius 2 is 1.50 bits per heavy atom. The zero-order valence-electron chi connectivity index (χ0n) is 13.5. The molecule has 0 bridgehead atoms. The maximum absolute atomic E-state index is 12.6. The van der Waals surface area contributed by atoms with Gasteiger partial charge in [0.2, 0.25) is 0 Å². The predicted octanol–water partition coefficient (Wildman–Crippen LogP) is 3.41. The van der Waals surface area contributed by atoms with Crippen molar-refractivity contribution in [1.82, 2.24) is 4.90 Å². The van der Waals surface area contributed by atoms with E-state index in [1.807, 2.05) is 0 Å². The van der Waals surface area contributed by atoms with E-state index in [9.17, 15) is 19.8 Å². The summed E-state index contributed by atoms with van der Waals surface area (Å²) in [6, 6.07) is 12.1. The number of benzene rings is 2. The Bertz CT molecular complexity index is 875. The summed E-state index contributed by atoms with van der Waals surface area (Å²) in [6.45, 7) is -0.340. The third-order valence-corrected chi connectivity index (χ3v) is 4.69. The number of aliphatic hydroxyl groups excluding tert-OH is 2. The first kappa shape index (κ1) is 18.5. The first-order chi connectivity index (χ1) is 12.4. The van der Waals surface area contributed by atoms with Crippen molar-refractivity contribution in [3.8, 4) is 0 Å². The quantitative estimate of drug-likeness (QED) is 0.475. The number of hydrogen-bond acceptors (Lipinski definition) is 4. The number of aliphatic hydroxyl groups is 2. The lowest BCUT2D eigenvalue weighted by Gasteiger charge is -2.24. The minimum atomic E-state index is -0.810. The second-order valence-electron chi connectivity index (χ2n) is 5.77. The summed E-state index contributed by atoms with van der Waals surface area (Å²) < 4.78 is 0. The van der Waals surface area contributed by atoms with Crippen LogP contribution in [-0.4, -0.2) is 40.0 Å². The van der Waals surface area contributed by atoms with Crippen LogP contribution in [0.25, 0.3) is 5.76 Å². The Balaban J connectivity index is 2.17. The van der Waals surface area contributed by atoms with Crippen molar-refractivity contribution in [3.63, 3.8) is 0 Å². The van der Waals surface area contributed by atoms with Crippen molar-refractivity contribution in [1.29, 1.82) is 0 Å². The SMILES string of the molecule is O=C1C(=O)N(CCO)[C@H](c2ccc(Cl)cc2)C1=C(O)c1ccc(Cl)cc1. The topological polar surface area (TPSA) is 77.8 Å². The van der Waals surface area contributed by atoms with Crippen LogP contribution < -0.4 is 0 Å². The molecule has 0 aromatic heterocycles. The van der Waals surface area contributed by atoms with E-state index in [0.29, 0.717) is 21.2 Å². The number of ketones is 1. The molecule has 1 saturated heterocycles. The molecule has 0 spiro atoms. The molecular formula is C19H15Cl2NO4. The zero-order chi connectivity index (χ0) is 18.8. The lowest BCUT2D eigenvalue weighted by atomic mass is 9.95. The first-order valence-electron chi connectivity index (χ1n) is 7.84. The molecule has 1 fully saturated rings. The molecule has 2 aromatic rings.